The van der Waals surface area contributed by atoms with Crippen molar-refractivity contribution in [1.29, 1.82) is 0 Å². The van der Waals surface area contributed by atoms with E-state index in [1.807, 2.05) is 0 Å². The molecular formula is C41H68O9. The highest BCUT2D eigenvalue weighted by molar-refractivity contribution is 5.69. The van der Waals surface area contributed by atoms with Crippen LogP contribution in [0.4, 0.5) is 0 Å². The van der Waals surface area contributed by atoms with Gasteiger partial charge in [0.25, 0.3) is 0 Å². The summed E-state index contributed by atoms with van der Waals surface area (Å²) in [5.41, 5.74) is 0. The van der Waals surface area contributed by atoms with Crippen LogP contribution in [0.25, 0.3) is 0 Å². The summed E-state index contributed by atoms with van der Waals surface area (Å²) in [4.78, 5) is 12.7. The molecule has 50 heavy (non-hydrogen) atoms. The number of aliphatic hydroxyl groups excluding tert-OH is 4. The first-order chi connectivity index (χ1) is 24.4. The summed E-state index contributed by atoms with van der Waals surface area (Å²) in [6, 6.07) is 0. The molecule has 1 aliphatic heterocycles. The predicted molar refractivity (Wildman–Crippen MR) is 200 cm³/mol. The molecule has 286 valence electrons. The van der Waals surface area contributed by atoms with Crippen molar-refractivity contribution >= 4 is 5.97 Å². The third-order valence-electron chi connectivity index (χ3n) is 8.12. The highest BCUT2D eigenvalue weighted by atomic mass is 16.7. The van der Waals surface area contributed by atoms with E-state index in [4.69, 9.17) is 18.9 Å². The molecule has 0 aromatic rings. The number of hydrogen-bond acceptors (Lipinski definition) is 9. The van der Waals surface area contributed by atoms with Crippen molar-refractivity contribution in [2.75, 3.05) is 26.4 Å². The van der Waals surface area contributed by atoms with Crippen molar-refractivity contribution < 1.29 is 44.2 Å². The summed E-state index contributed by atoms with van der Waals surface area (Å²) < 4.78 is 22.6. The van der Waals surface area contributed by atoms with E-state index in [0.29, 0.717) is 13.0 Å². The molecular weight excluding hydrogens is 636 g/mol. The minimum absolute atomic E-state index is 0.113. The van der Waals surface area contributed by atoms with Crippen molar-refractivity contribution in [2.45, 2.75) is 153 Å². The second kappa shape index (κ2) is 32.5. The molecule has 1 aliphatic rings. The molecule has 1 saturated heterocycles. The molecule has 6 unspecified atom stereocenters. The molecule has 1 heterocycles. The molecule has 9 nitrogen and oxygen atoms in total. The number of aliphatic hydroxyl groups is 4. The molecule has 0 saturated carbocycles. The van der Waals surface area contributed by atoms with Crippen LogP contribution in [0.3, 0.4) is 0 Å². The van der Waals surface area contributed by atoms with E-state index < -0.39 is 43.4 Å². The van der Waals surface area contributed by atoms with Crippen LogP contribution in [-0.2, 0) is 23.7 Å². The average Bonchev–Trinajstić information content (AvgIpc) is 3.11. The SMILES string of the molecule is CC/C=C/C/C=C/C/C=C/CCCCCCOCC(COC1OC(CO)C(O)C(O)C1O)OC(=O)CCCCC/C=C/C/C=C/C/C=C/CC. The van der Waals surface area contributed by atoms with Crippen molar-refractivity contribution in [3.63, 3.8) is 0 Å². The van der Waals surface area contributed by atoms with Gasteiger partial charge in [-0.25, -0.2) is 0 Å². The van der Waals surface area contributed by atoms with Gasteiger partial charge in [0.2, 0.25) is 0 Å². The summed E-state index contributed by atoms with van der Waals surface area (Å²) in [6.45, 7) is 4.20. The number of unbranched alkanes of at least 4 members (excludes halogenated alkanes) is 7. The highest BCUT2D eigenvalue weighted by Crippen LogP contribution is 2.22. The number of carbonyl (C=O) groups is 1. The second-order valence-corrected chi connectivity index (χ2v) is 12.6. The zero-order valence-electron chi connectivity index (χ0n) is 30.9. The van der Waals surface area contributed by atoms with E-state index in [-0.39, 0.29) is 25.6 Å². The molecule has 0 amide bonds. The van der Waals surface area contributed by atoms with Gasteiger partial charge in [-0.3, -0.25) is 4.79 Å². The standard InChI is InChI=1S/C41H68O9/c1-3-5-7-9-11-13-15-17-19-21-23-25-27-29-31-47-33-35(34-48-41-40(46)39(45)38(44)36(32-42)50-41)49-37(43)30-28-26-24-22-20-18-16-14-12-10-8-6-4-2/h5-8,11-14,17-20,35-36,38-42,44-46H,3-4,9-10,15-16,21-34H2,1-2H3/b7-5+,8-6+,13-11+,14-12+,19-17+,20-18+. The van der Waals surface area contributed by atoms with Gasteiger partial charge >= 0.3 is 5.97 Å². The van der Waals surface area contributed by atoms with Crippen LogP contribution < -0.4 is 0 Å². The fraction of sp³-hybridized carbons (Fsp3) is 0.683. The summed E-state index contributed by atoms with van der Waals surface area (Å²) >= 11 is 0. The number of allylic oxidation sites excluding steroid dienone is 12. The molecule has 1 fully saturated rings. The normalized spacial score (nSPS) is 22.4. The fourth-order valence-electron chi connectivity index (χ4n) is 5.16. The van der Waals surface area contributed by atoms with Gasteiger partial charge in [0.1, 0.15) is 30.5 Å². The topological polar surface area (TPSA) is 135 Å². The Bertz CT molecular complexity index is 985. The molecule has 4 N–H and O–H groups in total. The van der Waals surface area contributed by atoms with Gasteiger partial charge in [-0.15, -0.1) is 0 Å². The third-order valence-corrected chi connectivity index (χ3v) is 8.12. The molecule has 1 rings (SSSR count). The molecule has 0 aromatic carbocycles. The molecule has 0 aromatic heterocycles. The Hall–Kier alpha value is -2.37. The maximum atomic E-state index is 12.7. The van der Waals surface area contributed by atoms with Crippen molar-refractivity contribution in [3.05, 3.63) is 72.9 Å². The number of rotatable bonds is 30. The van der Waals surface area contributed by atoms with Crippen LogP contribution in [0.2, 0.25) is 0 Å². The molecule has 0 bridgehead atoms. The summed E-state index contributed by atoms with van der Waals surface area (Å²) in [5.74, 6) is -0.356. The second-order valence-electron chi connectivity index (χ2n) is 12.6. The van der Waals surface area contributed by atoms with Gasteiger partial charge < -0.3 is 39.4 Å². The van der Waals surface area contributed by atoms with Crippen LogP contribution in [0.5, 0.6) is 0 Å². The Morgan fingerprint density at radius 1 is 0.640 bits per heavy atom. The maximum absolute atomic E-state index is 12.7. The molecule has 0 radical (unpaired) electrons. The smallest absolute Gasteiger partial charge is 0.306 e. The summed E-state index contributed by atoms with van der Waals surface area (Å²) in [6.07, 6.45) is 33.6. The zero-order chi connectivity index (χ0) is 36.5. The monoisotopic (exact) mass is 704 g/mol. The number of esters is 1. The average molecular weight is 705 g/mol. The van der Waals surface area contributed by atoms with Crippen LogP contribution in [0, 0.1) is 0 Å². The van der Waals surface area contributed by atoms with Crippen molar-refractivity contribution in [2.24, 2.45) is 0 Å². The fourth-order valence-corrected chi connectivity index (χ4v) is 5.16. The van der Waals surface area contributed by atoms with E-state index in [2.05, 4.69) is 86.8 Å². The zero-order valence-corrected chi connectivity index (χ0v) is 30.9. The Labute approximate surface area is 302 Å². The van der Waals surface area contributed by atoms with Crippen LogP contribution in [-0.4, -0.2) is 89.6 Å². The maximum Gasteiger partial charge on any atom is 0.306 e. The predicted octanol–water partition coefficient (Wildman–Crippen LogP) is 7.35. The highest BCUT2D eigenvalue weighted by Gasteiger charge is 2.44. The first-order valence-corrected chi connectivity index (χ1v) is 19.0. The van der Waals surface area contributed by atoms with E-state index in [1.54, 1.807) is 0 Å². The Morgan fingerprint density at radius 2 is 1.16 bits per heavy atom. The van der Waals surface area contributed by atoms with Crippen LogP contribution in [0.15, 0.2) is 72.9 Å². The molecule has 9 heteroatoms. The van der Waals surface area contributed by atoms with E-state index in [9.17, 15) is 25.2 Å². The number of hydrogen-bond donors (Lipinski definition) is 4. The van der Waals surface area contributed by atoms with Gasteiger partial charge in [-0.2, -0.15) is 0 Å². The van der Waals surface area contributed by atoms with Crippen LogP contribution in [0.1, 0.15) is 117 Å². The lowest BCUT2D eigenvalue weighted by Crippen LogP contribution is -2.59. The quantitative estimate of drug-likeness (QED) is 0.0344. The Kier molecular flexibility index (Phi) is 29.7. The number of ether oxygens (including phenoxy) is 4. The Balaban J connectivity index is 2.39. The van der Waals surface area contributed by atoms with Crippen molar-refractivity contribution in [3.8, 4) is 0 Å². The van der Waals surface area contributed by atoms with Crippen LogP contribution >= 0.6 is 0 Å². The minimum atomic E-state index is -1.55. The van der Waals surface area contributed by atoms with Gasteiger partial charge in [0, 0.05) is 13.0 Å². The Morgan fingerprint density at radius 3 is 1.72 bits per heavy atom. The lowest BCUT2D eigenvalue weighted by atomic mass is 9.99. The minimum Gasteiger partial charge on any atom is -0.457 e. The number of carbonyl (C=O) groups excluding carboxylic acids is 1. The summed E-state index contributed by atoms with van der Waals surface area (Å²) in [7, 11) is 0. The van der Waals surface area contributed by atoms with E-state index >= 15 is 0 Å². The molecule has 0 spiro atoms. The summed E-state index contributed by atoms with van der Waals surface area (Å²) in [5, 5.41) is 39.9. The third kappa shape index (κ3) is 23.9. The van der Waals surface area contributed by atoms with Crippen molar-refractivity contribution in [1.82, 2.24) is 0 Å². The lowest BCUT2D eigenvalue weighted by Gasteiger charge is -2.39. The van der Waals surface area contributed by atoms with E-state index in [1.165, 1.54) is 0 Å². The first kappa shape index (κ1) is 45.7. The largest absolute Gasteiger partial charge is 0.457 e. The first-order valence-electron chi connectivity index (χ1n) is 19.0. The molecule has 0 aliphatic carbocycles. The molecule has 6 atom stereocenters. The van der Waals surface area contributed by atoms with E-state index in [0.717, 1.165) is 89.9 Å². The van der Waals surface area contributed by atoms with Gasteiger partial charge in [0.05, 0.1) is 19.8 Å². The lowest BCUT2D eigenvalue weighted by molar-refractivity contribution is -0.305. The van der Waals surface area contributed by atoms with Gasteiger partial charge in [-0.05, 0) is 77.0 Å². The van der Waals surface area contributed by atoms with Gasteiger partial charge in [-0.1, -0.05) is 106 Å². The van der Waals surface area contributed by atoms with Gasteiger partial charge in [0.15, 0.2) is 6.29 Å².